The predicted octanol–water partition coefficient (Wildman–Crippen LogP) is 3.04. The van der Waals surface area contributed by atoms with Crippen molar-refractivity contribution in [1.82, 2.24) is 8.86 Å². The molecule has 0 aliphatic heterocycles. The van der Waals surface area contributed by atoms with Gasteiger partial charge < -0.3 is 9.64 Å². The van der Waals surface area contributed by atoms with Crippen molar-refractivity contribution < 1.29 is 4.74 Å². The normalized spacial score (nSPS) is 11.7. The van der Waals surface area contributed by atoms with Crippen molar-refractivity contribution in [3.63, 3.8) is 0 Å². The van der Waals surface area contributed by atoms with E-state index in [0.29, 0.717) is 13.2 Å². The van der Waals surface area contributed by atoms with E-state index < -0.39 is 0 Å². The number of aryl methyl sites for hydroxylation is 2. The summed E-state index contributed by atoms with van der Waals surface area (Å²) in [5.41, 5.74) is 2.39. The van der Waals surface area contributed by atoms with Crippen LogP contribution in [0.15, 0.2) is 16.9 Å². The molecule has 0 bridgehead atoms. The lowest BCUT2D eigenvalue weighted by Gasteiger charge is -2.17. The summed E-state index contributed by atoms with van der Waals surface area (Å²) in [6, 6.07) is 4.16. The first kappa shape index (κ1) is 17.2. The standard InChI is InChI=1S/C17H26N2O2S/c1-5-18(6-2)7-9-21-10-8-19-17(20)16-14(4)11-13(3)12-15(16)22-19/h11-12H,5-10H2,1-4H3. The average Bonchev–Trinajstić information content (AvgIpc) is 2.79. The first-order valence-corrected chi connectivity index (χ1v) is 8.75. The van der Waals surface area contributed by atoms with Crippen LogP contribution in [0.5, 0.6) is 0 Å². The fraction of sp³-hybridized carbons (Fsp3) is 0.588. The second kappa shape index (κ2) is 7.90. The lowest BCUT2D eigenvalue weighted by atomic mass is 10.1. The fourth-order valence-electron chi connectivity index (χ4n) is 2.69. The van der Waals surface area contributed by atoms with Gasteiger partial charge in [0.1, 0.15) is 0 Å². The molecule has 0 aliphatic carbocycles. The van der Waals surface area contributed by atoms with Crippen LogP contribution in [-0.2, 0) is 11.3 Å². The van der Waals surface area contributed by atoms with E-state index in [1.807, 2.05) is 10.9 Å². The predicted molar refractivity (Wildman–Crippen MR) is 94.2 cm³/mol. The fourth-order valence-corrected chi connectivity index (χ4v) is 3.85. The summed E-state index contributed by atoms with van der Waals surface area (Å²) >= 11 is 1.54. The molecule has 0 amide bonds. The first-order valence-electron chi connectivity index (χ1n) is 7.98. The maximum Gasteiger partial charge on any atom is 0.268 e. The van der Waals surface area contributed by atoms with Gasteiger partial charge in [-0.3, -0.25) is 8.75 Å². The Morgan fingerprint density at radius 1 is 1.18 bits per heavy atom. The minimum atomic E-state index is 0.116. The third-order valence-corrected chi connectivity index (χ3v) is 5.07. The number of likely N-dealkylation sites (N-methyl/N-ethyl adjacent to an activating group) is 1. The number of hydrogen-bond acceptors (Lipinski definition) is 4. The molecule has 0 radical (unpaired) electrons. The van der Waals surface area contributed by atoms with Gasteiger partial charge in [0.2, 0.25) is 0 Å². The molecule has 1 aromatic carbocycles. The topological polar surface area (TPSA) is 34.5 Å². The zero-order chi connectivity index (χ0) is 16.1. The molecule has 122 valence electrons. The first-order chi connectivity index (χ1) is 10.6. The summed E-state index contributed by atoms with van der Waals surface area (Å²) < 4.78 is 8.57. The van der Waals surface area contributed by atoms with Gasteiger partial charge >= 0.3 is 0 Å². The van der Waals surface area contributed by atoms with Gasteiger partial charge in [0.05, 0.1) is 29.8 Å². The van der Waals surface area contributed by atoms with Crippen molar-refractivity contribution in [3.05, 3.63) is 33.6 Å². The summed E-state index contributed by atoms with van der Waals surface area (Å²) in [4.78, 5) is 14.8. The van der Waals surface area contributed by atoms with Crippen LogP contribution in [0.1, 0.15) is 25.0 Å². The molecule has 1 aromatic heterocycles. The van der Waals surface area contributed by atoms with Crippen molar-refractivity contribution in [2.75, 3.05) is 32.8 Å². The van der Waals surface area contributed by atoms with Gasteiger partial charge in [0.25, 0.3) is 5.56 Å². The van der Waals surface area contributed by atoms with E-state index in [1.165, 1.54) is 17.1 Å². The van der Waals surface area contributed by atoms with E-state index in [0.717, 1.165) is 41.9 Å². The molecule has 1 heterocycles. The summed E-state index contributed by atoms with van der Waals surface area (Å²) in [7, 11) is 0. The molecule has 0 N–H and O–H groups in total. The minimum absolute atomic E-state index is 0.116. The molecule has 2 rings (SSSR count). The minimum Gasteiger partial charge on any atom is -0.378 e. The maximum absolute atomic E-state index is 12.4. The van der Waals surface area contributed by atoms with Gasteiger partial charge in [0.15, 0.2) is 0 Å². The zero-order valence-corrected chi connectivity index (χ0v) is 14.8. The van der Waals surface area contributed by atoms with Crippen molar-refractivity contribution in [3.8, 4) is 0 Å². The highest BCUT2D eigenvalue weighted by Gasteiger charge is 2.10. The van der Waals surface area contributed by atoms with Crippen molar-refractivity contribution >= 4 is 21.6 Å². The highest BCUT2D eigenvalue weighted by Crippen LogP contribution is 2.21. The van der Waals surface area contributed by atoms with Crippen LogP contribution in [0.25, 0.3) is 10.1 Å². The molecule has 0 fully saturated rings. The third kappa shape index (κ3) is 3.97. The Balaban J connectivity index is 1.94. The molecule has 4 nitrogen and oxygen atoms in total. The van der Waals surface area contributed by atoms with Gasteiger partial charge in [-0.2, -0.15) is 0 Å². The number of ether oxygens (including phenoxy) is 1. The Kier molecular flexibility index (Phi) is 6.17. The molecule has 22 heavy (non-hydrogen) atoms. The summed E-state index contributed by atoms with van der Waals surface area (Å²) in [5.74, 6) is 0. The number of benzene rings is 1. The SMILES string of the molecule is CCN(CC)CCOCCn1sc2cc(C)cc(C)c2c1=O. The number of aromatic nitrogens is 1. The smallest absolute Gasteiger partial charge is 0.268 e. The van der Waals surface area contributed by atoms with Crippen LogP contribution in [0.2, 0.25) is 0 Å². The van der Waals surface area contributed by atoms with Crippen LogP contribution < -0.4 is 5.56 Å². The number of rotatable bonds is 8. The highest BCUT2D eigenvalue weighted by atomic mass is 32.1. The van der Waals surface area contributed by atoms with Gasteiger partial charge in [-0.05, 0) is 44.1 Å². The Bertz CT molecular complexity index is 671. The number of fused-ring (bicyclic) bond motifs is 1. The molecule has 0 unspecified atom stereocenters. The second-order valence-corrected chi connectivity index (χ2v) is 6.66. The van der Waals surface area contributed by atoms with Gasteiger partial charge in [-0.1, -0.05) is 31.4 Å². The molecule has 0 aliphatic rings. The number of nitrogens with zero attached hydrogens (tertiary/aromatic N) is 2. The molecular formula is C17H26N2O2S. The molecule has 0 saturated heterocycles. The average molecular weight is 322 g/mol. The molecule has 5 heteroatoms. The molecule has 2 aromatic rings. The second-order valence-electron chi connectivity index (χ2n) is 5.59. The van der Waals surface area contributed by atoms with Crippen LogP contribution in [0, 0.1) is 13.8 Å². The summed E-state index contributed by atoms with van der Waals surface area (Å²) in [6.45, 7) is 13.4. The Labute approximate surface area is 136 Å². The largest absolute Gasteiger partial charge is 0.378 e. The van der Waals surface area contributed by atoms with Crippen molar-refractivity contribution in [2.45, 2.75) is 34.2 Å². The van der Waals surface area contributed by atoms with Crippen molar-refractivity contribution in [2.24, 2.45) is 0 Å². The number of hydrogen-bond donors (Lipinski definition) is 0. The van der Waals surface area contributed by atoms with Crippen LogP contribution in [0.3, 0.4) is 0 Å². The lowest BCUT2D eigenvalue weighted by Crippen LogP contribution is -2.27. The van der Waals surface area contributed by atoms with Crippen molar-refractivity contribution in [1.29, 1.82) is 0 Å². The lowest BCUT2D eigenvalue weighted by molar-refractivity contribution is 0.102. The van der Waals surface area contributed by atoms with E-state index in [9.17, 15) is 4.79 Å². The molecular weight excluding hydrogens is 296 g/mol. The maximum atomic E-state index is 12.4. The molecule has 0 spiro atoms. The third-order valence-electron chi connectivity index (χ3n) is 3.98. The zero-order valence-electron chi connectivity index (χ0n) is 14.0. The van der Waals surface area contributed by atoms with E-state index in [1.54, 1.807) is 0 Å². The van der Waals surface area contributed by atoms with Gasteiger partial charge in [-0.25, -0.2) is 0 Å². The van der Waals surface area contributed by atoms with Crippen LogP contribution >= 0.6 is 11.5 Å². The quantitative estimate of drug-likeness (QED) is 0.701. The Morgan fingerprint density at radius 2 is 1.91 bits per heavy atom. The van der Waals surface area contributed by atoms with E-state index in [-0.39, 0.29) is 5.56 Å². The Hall–Kier alpha value is -1.17. The van der Waals surface area contributed by atoms with Crippen LogP contribution in [-0.4, -0.2) is 41.7 Å². The summed E-state index contributed by atoms with van der Waals surface area (Å²) in [6.07, 6.45) is 0. The summed E-state index contributed by atoms with van der Waals surface area (Å²) in [5, 5.41) is 0.860. The monoisotopic (exact) mass is 322 g/mol. The van der Waals surface area contributed by atoms with Crippen LogP contribution in [0.4, 0.5) is 0 Å². The molecule has 0 atom stereocenters. The van der Waals surface area contributed by atoms with E-state index >= 15 is 0 Å². The van der Waals surface area contributed by atoms with E-state index in [4.69, 9.17) is 4.74 Å². The van der Waals surface area contributed by atoms with Gasteiger partial charge in [-0.15, -0.1) is 0 Å². The van der Waals surface area contributed by atoms with E-state index in [2.05, 4.69) is 37.8 Å². The Morgan fingerprint density at radius 3 is 2.59 bits per heavy atom. The molecule has 0 saturated carbocycles. The highest BCUT2D eigenvalue weighted by molar-refractivity contribution is 7.13. The van der Waals surface area contributed by atoms with Gasteiger partial charge in [0, 0.05) is 6.54 Å².